The molecule has 2 N–H and O–H groups in total. The fourth-order valence-corrected chi connectivity index (χ4v) is 5.19. The lowest BCUT2D eigenvalue weighted by molar-refractivity contribution is -0.117. The molecule has 6 nitrogen and oxygen atoms in total. The number of hydrogen-bond donors (Lipinski definition) is 2. The zero-order valence-electron chi connectivity index (χ0n) is 18.2. The third-order valence-electron chi connectivity index (χ3n) is 7.09. The van der Waals surface area contributed by atoms with Crippen LogP contribution >= 0.6 is 0 Å². The van der Waals surface area contributed by atoms with E-state index in [9.17, 15) is 14.3 Å². The number of carbonyl (C=O) groups excluding carboxylic acids is 1. The second-order valence-electron chi connectivity index (χ2n) is 9.38. The molecule has 3 aromatic rings. The molecule has 168 valence electrons. The molecule has 4 heterocycles. The van der Waals surface area contributed by atoms with Gasteiger partial charge in [0, 0.05) is 61.9 Å². The van der Waals surface area contributed by atoms with Crippen LogP contribution in [0.4, 0.5) is 15.9 Å². The number of rotatable bonds is 4. The summed E-state index contributed by atoms with van der Waals surface area (Å²) >= 11 is 0. The quantitative estimate of drug-likeness (QED) is 0.641. The summed E-state index contributed by atoms with van der Waals surface area (Å²) in [7, 11) is 0. The minimum absolute atomic E-state index is 0.0540. The Morgan fingerprint density at radius 1 is 1.03 bits per heavy atom. The summed E-state index contributed by atoms with van der Waals surface area (Å²) in [5, 5.41) is 14.5. The number of phenols is 1. The van der Waals surface area contributed by atoms with E-state index in [1.807, 2.05) is 24.3 Å². The summed E-state index contributed by atoms with van der Waals surface area (Å²) in [4.78, 5) is 20.3. The first kappa shape index (κ1) is 20.2. The maximum Gasteiger partial charge on any atom is 0.227 e. The van der Waals surface area contributed by atoms with Crippen LogP contribution in [-0.2, 0) is 4.79 Å². The van der Waals surface area contributed by atoms with Crippen LogP contribution in [0.5, 0.6) is 5.75 Å². The summed E-state index contributed by atoms with van der Waals surface area (Å²) in [6, 6.07) is 14.2. The fourth-order valence-electron chi connectivity index (χ4n) is 5.19. The van der Waals surface area contributed by atoms with Crippen LogP contribution in [-0.4, -0.2) is 48.7 Å². The van der Waals surface area contributed by atoms with Gasteiger partial charge in [0.05, 0.1) is 5.69 Å². The molecule has 33 heavy (non-hydrogen) atoms. The van der Waals surface area contributed by atoms with E-state index in [0.29, 0.717) is 40.8 Å². The zero-order valence-corrected chi connectivity index (χ0v) is 18.2. The van der Waals surface area contributed by atoms with Crippen LogP contribution in [0.3, 0.4) is 0 Å². The summed E-state index contributed by atoms with van der Waals surface area (Å²) in [6.07, 6.45) is 2.96. The summed E-state index contributed by atoms with van der Waals surface area (Å²) in [5.41, 5.74) is 3.36. The average Bonchev–Trinajstić information content (AvgIpc) is 3.18. The van der Waals surface area contributed by atoms with Gasteiger partial charge >= 0.3 is 0 Å². The van der Waals surface area contributed by atoms with Gasteiger partial charge in [-0.3, -0.25) is 4.79 Å². The molecule has 2 aromatic carbocycles. The third-order valence-corrected chi connectivity index (χ3v) is 7.09. The van der Waals surface area contributed by atoms with E-state index >= 15 is 0 Å². The van der Waals surface area contributed by atoms with Gasteiger partial charge in [-0.15, -0.1) is 0 Å². The van der Waals surface area contributed by atoms with Crippen molar-refractivity contribution in [1.29, 1.82) is 0 Å². The van der Waals surface area contributed by atoms with Crippen LogP contribution in [0.2, 0.25) is 0 Å². The Kier molecular flexibility index (Phi) is 4.62. The first-order valence-corrected chi connectivity index (χ1v) is 11.4. The SMILES string of the molecule is O=C1CCCN1c1ccc(-c2cccc(-c3ccnc(N4CC5(CNC5)C4)c3)c2O)cc1F. The van der Waals surface area contributed by atoms with Crippen molar-refractivity contribution in [3.63, 3.8) is 0 Å². The van der Waals surface area contributed by atoms with Crippen LogP contribution in [0, 0.1) is 11.2 Å². The molecular formula is C26H25FN4O2. The Balaban J connectivity index is 1.30. The number of anilines is 2. The zero-order chi connectivity index (χ0) is 22.6. The van der Waals surface area contributed by atoms with Crippen molar-refractivity contribution in [2.75, 3.05) is 42.5 Å². The molecule has 3 aliphatic heterocycles. The lowest BCUT2D eigenvalue weighted by Crippen LogP contribution is -2.71. The normalized spacial score (nSPS) is 19.0. The number of halogens is 1. The number of benzene rings is 2. The lowest BCUT2D eigenvalue weighted by atomic mass is 9.74. The number of amides is 1. The molecule has 0 radical (unpaired) electrons. The number of nitrogens with zero attached hydrogens (tertiary/aromatic N) is 3. The van der Waals surface area contributed by atoms with Gasteiger partial charge in [-0.05, 0) is 41.8 Å². The van der Waals surface area contributed by atoms with Crippen LogP contribution < -0.4 is 15.1 Å². The standard InChI is InChI=1S/C26H25FN4O2/c27-21-11-17(6-7-22(21)31-10-2-5-24(31)32)19-3-1-4-20(25(19)33)18-8-9-29-23(12-18)30-15-26(16-30)13-28-14-26/h1,3-4,6-9,11-12,28,33H,2,5,10,13-16H2. The summed E-state index contributed by atoms with van der Waals surface area (Å²) in [5.74, 6) is 0.487. The van der Waals surface area contributed by atoms with Gasteiger partial charge < -0.3 is 20.2 Å². The molecule has 7 heteroatoms. The predicted octanol–water partition coefficient (Wildman–Crippen LogP) is 3.80. The highest BCUT2D eigenvalue weighted by Gasteiger charge is 2.47. The molecule has 0 saturated carbocycles. The van der Waals surface area contributed by atoms with E-state index in [2.05, 4.69) is 15.2 Å². The molecule has 0 bridgehead atoms. The average molecular weight is 445 g/mol. The number of aromatic nitrogens is 1. The largest absolute Gasteiger partial charge is 0.507 e. The van der Waals surface area contributed by atoms with Crippen molar-refractivity contribution in [1.82, 2.24) is 10.3 Å². The third kappa shape index (κ3) is 3.35. The van der Waals surface area contributed by atoms with Crippen molar-refractivity contribution in [2.24, 2.45) is 5.41 Å². The fraction of sp³-hybridized carbons (Fsp3) is 0.308. The maximum atomic E-state index is 14.9. The molecule has 6 rings (SSSR count). The number of aromatic hydroxyl groups is 1. The summed E-state index contributed by atoms with van der Waals surface area (Å²) < 4.78 is 14.9. The van der Waals surface area contributed by atoms with E-state index in [0.717, 1.165) is 44.0 Å². The van der Waals surface area contributed by atoms with Crippen LogP contribution in [0.1, 0.15) is 12.8 Å². The molecule has 0 unspecified atom stereocenters. The van der Waals surface area contributed by atoms with E-state index in [4.69, 9.17) is 0 Å². The molecule has 1 aromatic heterocycles. The highest BCUT2D eigenvalue weighted by Crippen LogP contribution is 2.41. The number of hydrogen-bond acceptors (Lipinski definition) is 5. The minimum Gasteiger partial charge on any atom is -0.507 e. The van der Waals surface area contributed by atoms with Gasteiger partial charge in [-0.1, -0.05) is 24.3 Å². The molecule has 1 amide bonds. The van der Waals surface area contributed by atoms with Gasteiger partial charge in [-0.2, -0.15) is 0 Å². The van der Waals surface area contributed by atoms with Gasteiger partial charge in [0.2, 0.25) is 5.91 Å². The predicted molar refractivity (Wildman–Crippen MR) is 126 cm³/mol. The van der Waals surface area contributed by atoms with Gasteiger partial charge in [0.1, 0.15) is 17.4 Å². The Bertz CT molecular complexity index is 1250. The van der Waals surface area contributed by atoms with Gasteiger partial charge in [0.15, 0.2) is 0 Å². The topological polar surface area (TPSA) is 68.7 Å². The first-order valence-electron chi connectivity index (χ1n) is 11.4. The Morgan fingerprint density at radius 2 is 1.79 bits per heavy atom. The Labute approximate surface area is 191 Å². The lowest BCUT2D eigenvalue weighted by Gasteiger charge is -2.56. The second-order valence-corrected chi connectivity index (χ2v) is 9.38. The van der Waals surface area contributed by atoms with Gasteiger partial charge in [-0.25, -0.2) is 9.37 Å². The number of pyridine rings is 1. The molecule has 1 spiro atoms. The van der Waals surface area contributed by atoms with Crippen molar-refractivity contribution in [3.05, 3.63) is 60.5 Å². The molecule has 0 atom stereocenters. The Morgan fingerprint density at radius 3 is 2.42 bits per heavy atom. The molecule has 3 fully saturated rings. The Hall–Kier alpha value is -3.45. The monoisotopic (exact) mass is 444 g/mol. The first-order chi connectivity index (χ1) is 16.0. The molecule has 3 saturated heterocycles. The minimum atomic E-state index is -0.462. The highest BCUT2D eigenvalue weighted by atomic mass is 19.1. The van der Waals surface area contributed by atoms with E-state index in [-0.39, 0.29) is 11.7 Å². The number of phenolic OH excluding ortho intramolecular Hbond substituents is 1. The van der Waals surface area contributed by atoms with Crippen molar-refractivity contribution in [3.8, 4) is 28.0 Å². The summed E-state index contributed by atoms with van der Waals surface area (Å²) in [6.45, 7) is 4.65. The number of para-hydroxylation sites is 1. The van der Waals surface area contributed by atoms with Crippen molar-refractivity contribution < 1.29 is 14.3 Å². The maximum absolute atomic E-state index is 14.9. The number of nitrogens with one attached hydrogen (secondary N) is 1. The van der Waals surface area contributed by atoms with Crippen LogP contribution in [0.25, 0.3) is 22.3 Å². The second kappa shape index (κ2) is 7.56. The van der Waals surface area contributed by atoms with E-state index in [1.165, 1.54) is 11.0 Å². The molecule has 3 aliphatic rings. The molecular weight excluding hydrogens is 419 g/mol. The van der Waals surface area contributed by atoms with Crippen molar-refractivity contribution >= 4 is 17.4 Å². The van der Waals surface area contributed by atoms with Crippen LogP contribution in [0.15, 0.2) is 54.7 Å². The van der Waals surface area contributed by atoms with E-state index < -0.39 is 5.82 Å². The smallest absolute Gasteiger partial charge is 0.227 e. The van der Waals surface area contributed by atoms with Gasteiger partial charge in [0.25, 0.3) is 0 Å². The molecule has 0 aliphatic carbocycles. The van der Waals surface area contributed by atoms with Crippen molar-refractivity contribution in [2.45, 2.75) is 12.8 Å². The van der Waals surface area contributed by atoms with E-state index in [1.54, 1.807) is 24.4 Å². The number of carbonyl (C=O) groups is 1. The highest BCUT2D eigenvalue weighted by molar-refractivity contribution is 5.96.